The molecule has 1 unspecified atom stereocenters. The smallest absolute Gasteiger partial charge is 0.228 e. The maximum absolute atomic E-state index is 12.1. The van der Waals surface area contributed by atoms with Crippen molar-refractivity contribution in [2.45, 2.75) is 32.6 Å². The molecule has 0 spiro atoms. The molecule has 5 heteroatoms. The number of amides is 2. The van der Waals surface area contributed by atoms with Gasteiger partial charge in [-0.15, -0.1) is 0 Å². The Hall–Kier alpha value is -1.88. The lowest BCUT2D eigenvalue weighted by Gasteiger charge is -2.14. The second kappa shape index (κ2) is 7.22. The van der Waals surface area contributed by atoms with Gasteiger partial charge in [0.2, 0.25) is 11.8 Å². The Morgan fingerprint density at radius 2 is 1.95 bits per heavy atom. The highest BCUT2D eigenvalue weighted by molar-refractivity contribution is 5.96. The fraction of sp³-hybridized carbons (Fsp3) is 0.500. The molecule has 5 nitrogen and oxygen atoms in total. The molecule has 0 saturated heterocycles. The van der Waals surface area contributed by atoms with E-state index in [1.54, 1.807) is 6.07 Å². The molecule has 2 rings (SSSR count). The second-order valence-electron chi connectivity index (χ2n) is 5.55. The van der Waals surface area contributed by atoms with Crippen molar-refractivity contribution in [1.82, 2.24) is 0 Å². The van der Waals surface area contributed by atoms with Crippen LogP contribution >= 0.6 is 0 Å². The zero-order chi connectivity index (χ0) is 15.2. The van der Waals surface area contributed by atoms with E-state index in [9.17, 15) is 9.59 Å². The SMILES string of the molecule is CCCC(CN)C(=O)Nc1cccc(NC(=O)C2CC2)c1. The van der Waals surface area contributed by atoms with Crippen LogP contribution in [0.25, 0.3) is 0 Å². The molecular formula is C16H23N3O2. The molecule has 0 aliphatic heterocycles. The molecule has 0 bridgehead atoms. The van der Waals surface area contributed by atoms with Crippen molar-refractivity contribution in [2.24, 2.45) is 17.6 Å². The van der Waals surface area contributed by atoms with Crippen LogP contribution in [-0.2, 0) is 9.59 Å². The van der Waals surface area contributed by atoms with Crippen molar-refractivity contribution in [3.05, 3.63) is 24.3 Å². The molecule has 1 fully saturated rings. The van der Waals surface area contributed by atoms with Gasteiger partial charge in [-0.1, -0.05) is 19.4 Å². The second-order valence-corrected chi connectivity index (χ2v) is 5.55. The highest BCUT2D eigenvalue weighted by atomic mass is 16.2. The average molecular weight is 289 g/mol. The molecule has 1 aromatic carbocycles. The topological polar surface area (TPSA) is 84.2 Å². The van der Waals surface area contributed by atoms with Crippen molar-refractivity contribution in [2.75, 3.05) is 17.2 Å². The van der Waals surface area contributed by atoms with E-state index in [0.717, 1.165) is 25.7 Å². The summed E-state index contributed by atoms with van der Waals surface area (Å²) in [5, 5.41) is 5.74. The fourth-order valence-electron chi connectivity index (χ4n) is 2.21. The van der Waals surface area contributed by atoms with E-state index < -0.39 is 0 Å². The van der Waals surface area contributed by atoms with Gasteiger partial charge in [-0.3, -0.25) is 9.59 Å². The number of carbonyl (C=O) groups excluding carboxylic acids is 2. The van der Waals surface area contributed by atoms with E-state index in [2.05, 4.69) is 10.6 Å². The zero-order valence-corrected chi connectivity index (χ0v) is 12.4. The first kappa shape index (κ1) is 15.5. The van der Waals surface area contributed by atoms with Crippen molar-refractivity contribution in [1.29, 1.82) is 0 Å². The monoisotopic (exact) mass is 289 g/mol. The van der Waals surface area contributed by atoms with Crippen LogP contribution in [0.5, 0.6) is 0 Å². The number of benzene rings is 1. The average Bonchev–Trinajstić information content (AvgIpc) is 3.29. The van der Waals surface area contributed by atoms with E-state index in [1.165, 1.54) is 0 Å². The van der Waals surface area contributed by atoms with Gasteiger partial charge >= 0.3 is 0 Å². The minimum absolute atomic E-state index is 0.0595. The third-order valence-corrected chi connectivity index (χ3v) is 3.64. The fourth-order valence-corrected chi connectivity index (χ4v) is 2.21. The van der Waals surface area contributed by atoms with Crippen molar-refractivity contribution < 1.29 is 9.59 Å². The number of carbonyl (C=O) groups is 2. The maximum Gasteiger partial charge on any atom is 0.228 e. The molecule has 1 aliphatic rings. The zero-order valence-electron chi connectivity index (χ0n) is 12.4. The molecule has 114 valence electrons. The van der Waals surface area contributed by atoms with Crippen LogP contribution in [-0.4, -0.2) is 18.4 Å². The Bertz CT molecular complexity index is 512. The molecule has 2 amide bonds. The van der Waals surface area contributed by atoms with Crippen LogP contribution in [0.1, 0.15) is 32.6 Å². The van der Waals surface area contributed by atoms with E-state index >= 15 is 0 Å². The Morgan fingerprint density at radius 3 is 2.52 bits per heavy atom. The maximum atomic E-state index is 12.1. The summed E-state index contributed by atoms with van der Waals surface area (Å²) in [6.07, 6.45) is 3.64. The first-order valence-corrected chi connectivity index (χ1v) is 7.56. The molecule has 21 heavy (non-hydrogen) atoms. The quantitative estimate of drug-likeness (QED) is 0.720. The lowest BCUT2D eigenvalue weighted by molar-refractivity contribution is -0.120. The summed E-state index contributed by atoms with van der Waals surface area (Å²) >= 11 is 0. The standard InChI is InChI=1S/C16H23N3O2/c1-2-4-12(10-17)16(21)19-14-6-3-5-13(9-14)18-15(20)11-7-8-11/h3,5-6,9,11-12H,2,4,7-8,10,17H2,1H3,(H,18,20)(H,19,21). The van der Waals surface area contributed by atoms with Crippen molar-refractivity contribution in [3.8, 4) is 0 Å². The number of hydrogen-bond acceptors (Lipinski definition) is 3. The first-order chi connectivity index (χ1) is 10.1. The number of rotatable bonds is 7. The lowest BCUT2D eigenvalue weighted by Crippen LogP contribution is -2.29. The molecule has 0 heterocycles. The molecule has 4 N–H and O–H groups in total. The van der Waals surface area contributed by atoms with Crippen LogP contribution in [0.3, 0.4) is 0 Å². The number of anilines is 2. The number of nitrogens with one attached hydrogen (secondary N) is 2. The van der Waals surface area contributed by atoms with Crippen LogP contribution in [0, 0.1) is 11.8 Å². The van der Waals surface area contributed by atoms with Crippen LogP contribution in [0.2, 0.25) is 0 Å². The summed E-state index contributed by atoms with van der Waals surface area (Å²) in [5.74, 6) is -0.0107. The number of hydrogen-bond donors (Lipinski definition) is 3. The Labute approximate surface area is 125 Å². The van der Waals surface area contributed by atoms with Crippen molar-refractivity contribution >= 4 is 23.2 Å². The summed E-state index contributed by atoms with van der Waals surface area (Å²) in [7, 11) is 0. The molecule has 1 aliphatic carbocycles. The van der Waals surface area contributed by atoms with Gasteiger partial charge in [-0.25, -0.2) is 0 Å². The van der Waals surface area contributed by atoms with Crippen LogP contribution in [0.15, 0.2) is 24.3 Å². The summed E-state index contributed by atoms with van der Waals surface area (Å²) in [6, 6.07) is 7.22. The summed E-state index contributed by atoms with van der Waals surface area (Å²) in [4.78, 5) is 23.8. The largest absolute Gasteiger partial charge is 0.330 e. The van der Waals surface area contributed by atoms with Gasteiger partial charge in [-0.2, -0.15) is 0 Å². The molecule has 1 atom stereocenters. The van der Waals surface area contributed by atoms with Gasteiger partial charge in [0.25, 0.3) is 0 Å². The van der Waals surface area contributed by atoms with E-state index in [-0.39, 0.29) is 23.7 Å². The van der Waals surface area contributed by atoms with Crippen LogP contribution < -0.4 is 16.4 Å². The van der Waals surface area contributed by atoms with E-state index in [4.69, 9.17) is 5.73 Å². The normalized spacial score (nSPS) is 15.3. The van der Waals surface area contributed by atoms with Gasteiger partial charge in [0.1, 0.15) is 0 Å². The van der Waals surface area contributed by atoms with Crippen LogP contribution in [0.4, 0.5) is 11.4 Å². The van der Waals surface area contributed by atoms with Gasteiger partial charge in [0.15, 0.2) is 0 Å². The highest BCUT2D eigenvalue weighted by Crippen LogP contribution is 2.30. The molecule has 1 aromatic rings. The Kier molecular flexibility index (Phi) is 5.33. The summed E-state index contributed by atoms with van der Waals surface area (Å²) < 4.78 is 0. The molecule has 1 saturated carbocycles. The van der Waals surface area contributed by atoms with Gasteiger partial charge in [0.05, 0.1) is 5.92 Å². The predicted molar refractivity (Wildman–Crippen MR) is 83.9 cm³/mol. The van der Waals surface area contributed by atoms with Crippen molar-refractivity contribution in [3.63, 3.8) is 0 Å². The van der Waals surface area contributed by atoms with E-state index in [1.807, 2.05) is 25.1 Å². The Morgan fingerprint density at radius 1 is 1.29 bits per heavy atom. The Balaban J connectivity index is 1.96. The highest BCUT2D eigenvalue weighted by Gasteiger charge is 2.29. The molecule has 0 aromatic heterocycles. The predicted octanol–water partition coefficient (Wildman–Crippen LogP) is 2.35. The summed E-state index contributed by atoms with van der Waals surface area (Å²) in [5.41, 5.74) is 7.03. The van der Waals surface area contributed by atoms with Gasteiger partial charge in [0, 0.05) is 23.8 Å². The number of nitrogens with two attached hydrogens (primary N) is 1. The third kappa shape index (κ3) is 4.56. The first-order valence-electron chi connectivity index (χ1n) is 7.56. The molecular weight excluding hydrogens is 266 g/mol. The third-order valence-electron chi connectivity index (χ3n) is 3.64. The van der Waals surface area contributed by atoms with E-state index in [0.29, 0.717) is 17.9 Å². The minimum Gasteiger partial charge on any atom is -0.330 e. The van der Waals surface area contributed by atoms with Gasteiger partial charge < -0.3 is 16.4 Å². The lowest BCUT2D eigenvalue weighted by atomic mass is 10.0. The minimum atomic E-state index is -0.167. The summed E-state index contributed by atoms with van der Waals surface area (Å²) in [6.45, 7) is 2.38. The van der Waals surface area contributed by atoms with Gasteiger partial charge in [-0.05, 0) is 37.5 Å². The molecule has 0 radical (unpaired) electrons.